The second kappa shape index (κ2) is 7.87. The molecule has 4 heteroatoms. The fraction of sp³-hybridized carbons (Fsp3) is 0.571. The van der Waals surface area contributed by atoms with Gasteiger partial charge in [0.05, 0.1) is 0 Å². The number of aliphatic hydroxyl groups is 1. The minimum Gasteiger partial charge on any atom is -0.396 e. The van der Waals surface area contributed by atoms with Gasteiger partial charge in [-0.05, 0) is 50.4 Å². The molecule has 1 aromatic rings. The molecule has 0 bridgehead atoms. The average molecular weight is 318 g/mol. The molecule has 102 valence electrons. The Morgan fingerprint density at radius 3 is 2.78 bits per heavy atom. The lowest BCUT2D eigenvalue weighted by molar-refractivity contribution is 0.227. The Hall–Kier alpha value is -0.450. The second-order valence-corrected chi connectivity index (χ2v) is 5.69. The number of nitrogens with one attached hydrogen (secondary N) is 1. The second-order valence-electron chi connectivity index (χ2n) is 4.77. The Morgan fingerprint density at radius 1 is 1.39 bits per heavy atom. The highest BCUT2D eigenvalue weighted by atomic mass is 79.9. The molecule has 0 amide bonds. The summed E-state index contributed by atoms with van der Waals surface area (Å²) < 4.78 is 14.5. The van der Waals surface area contributed by atoms with Gasteiger partial charge in [0.25, 0.3) is 0 Å². The fourth-order valence-corrected chi connectivity index (χ4v) is 2.20. The lowest BCUT2D eigenvalue weighted by atomic mass is 10.1. The number of benzene rings is 1. The van der Waals surface area contributed by atoms with E-state index in [1.54, 1.807) is 6.07 Å². The van der Waals surface area contributed by atoms with Gasteiger partial charge in [-0.3, -0.25) is 0 Å². The van der Waals surface area contributed by atoms with Gasteiger partial charge >= 0.3 is 0 Å². The van der Waals surface area contributed by atoms with Crippen LogP contribution in [0.15, 0.2) is 22.7 Å². The Labute approximate surface area is 117 Å². The van der Waals surface area contributed by atoms with Crippen molar-refractivity contribution in [1.29, 1.82) is 0 Å². The molecule has 0 aliphatic rings. The van der Waals surface area contributed by atoms with Crippen LogP contribution in [0.3, 0.4) is 0 Å². The van der Waals surface area contributed by atoms with Gasteiger partial charge in [-0.2, -0.15) is 0 Å². The van der Waals surface area contributed by atoms with Gasteiger partial charge in [0, 0.05) is 22.7 Å². The summed E-state index contributed by atoms with van der Waals surface area (Å²) >= 11 is 3.35. The van der Waals surface area contributed by atoms with Crippen LogP contribution in [0.4, 0.5) is 4.39 Å². The Morgan fingerprint density at radius 2 is 2.11 bits per heavy atom. The van der Waals surface area contributed by atoms with Crippen LogP contribution in [-0.4, -0.2) is 18.3 Å². The van der Waals surface area contributed by atoms with Crippen molar-refractivity contribution in [1.82, 2.24) is 5.32 Å². The molecule has 0 aromatic heterocycles. The Kier molecular flexibility index (Phi) is 6.82. The quantitative estimate of drug-likeness (QED) is 0.752. The van der Waals surface area contributed by atoms with Crippen molar-refractivity contribution >= 4 is 15.9 Å². The molecule has 0 saturated heterocycles. The molecule has 0 saturated carbocycles. The van der Waals surface area contributed by atoms with Crippen LogP contribution in [0.2, 0.25) is 0 Å². The molecule has 18 heavy (non-hydrogen) atoms. The predicted molar refractivity (Wildman–Crippen MR) is 76.0 cm³/mol. The molecular formula is C14H21BrFNO. The number of hydrogen-bond acceptors (Lipinski definition) is 2. The summed E-state index contributed by atoms with van der Waals surface area (Å²) in [6, 6.07) is 4.98. The van der Waals surface area contributed by atoms with Crippen molar-refractivity contribution in [3.8, 4) is 0 Å². The average Bonchev–Trinajstić information content (AvgIpc) is 2.36. The molecule has 0 aliphatic heterocycles. The third-order valence-electron chi connectivity index (χ3n) is 3.06. The van der Waals surface area contributed by atoms with Gasteiger partial charge in [-0.25, -0.2) is 4.39 Å². The third-order valence-corrected chi connectivity index (χ3v) is 3.55. The van der Waals surface area contributed by atoms with Gasteiger partial charge in [-0.15, -0.1) is 0 Å². The zero-order valence-corrected chi connectivity index (χ0v) is 12.5. The zero-order chi connectivity index (χ0) is 13.5. The highest BCUT2D eigenvalue weighted by Gasteiger charge is 2.10. The van der Waals surface area contributed by atoms with Gasteiger partial charge in [0.2, 0.25) is 0 Å². The topological polar surface area (TPSA) is 32.3 Å². The molecular weight excluding hydrogens is 297 g/mol. The monoisotopic (exact) mass is 317 g/mol. The molecule has 1 aromatic carbocycles. The van der Waals surface area contributed by atoms with Crippen molar-refractivity contribution in [2.75, 3.05) is 13.2 Å². The molecule has 1 rings (SSSR count). The van der Waals surface area contributed by atoms with E-state index < -0.39 is 0 Å². The largest absolute Gasteiger partial charge is 0.396 e. The normalized spacial score (nSPS) is 14.5. The summed E-state index contributed by atoms with van der Waals surface area (Å²) in [5, 5.41) is 12.2. The van der Waals surface area contributed by atoms with Crippen LogP contribution in [0, 0.1) is 11.7 Å². The molecule has 0 fully saturated rings. The van der Waals surface area contributed by atoms with Crippen molar-refractivity contribution < 1.29 is 9.50 Å². The van der Waals surface area contributed by atoms with E-state index in [9.17, 15) is 4.39 Å². The number of aliphatic hydroxyl groups excluding tert-OH is 1. The summed E-state index contributed by atoms with van der Waals surface area (Å²) in [6.07, 6.45) is 1.97. The van der Waals surface area contributed by atoms with E-state index in [4.69, 9.17) is 5.11 Å². The smallest absolute Gasteiger partial charge is 0.128 e. The SMILES string of the molecule is CC(CO)CCCNC(C)c1cc(Br)ccc1F. The van der Waals surface area contributed by atoms with E-state index in [-0.39, 0.29) is 18.5 Å². The first-order valence-corrected chi connectivity index (χ1v) is 7.13. The van der Waals surface area contributed by atoms with E-state index in [1.807, 2.05) is 19.9 Å². The van der Waals surface area contributed by atoms with Crippen LogP contribution < -0.4 is 5.32 Å². The fourth-order valence-electron chi connectivity index (χ4n) is 1.82. The maximum absolute atomic E-state index is 13.6. The van der Waals surface area contributed by atoms with E-state index in [2.05, 4.69) is 21.2 Å². The van der Waals surface area contributed by atoms with Crippen LogP contribution in [0.25, 0.3) is 0 Å². The summed E-state index contributed by atoms with van der Waals surface area (Å²) in [6.45, 7) is 5.05. The van der Waals surface area contributed by atoms with Crippen molar-refractivity contribution in [3.05, 3.63) is 34.1 Å². The first-order valence-electron chi connectivity index (χ1n) is 6.33. The minimum atomic E-state index is -0.179. The molecule has 0 aliphatic carbocycles. The lowest BCUT2D eigenvalue weighted by Crippen LogP contribution is -2.21. The van der Waals surface area contributed by atoms with Crippen LogP contribution in [0.5, 0.6) is 0 Å². The van der Waals surface area contributed by atoms with Crippen molar-refractivity contribution in [3.63, 3.8) is 0 Å². The van der Waals surface area contributed by atoms with Crippen LogP contribution in [0.1, 0.15) is 38.3 Å². The molecule has 2 N–H and O–H groups in total. The van der Waals surface area contributed by atoms with Gasteiger partial charge in [0.15, 0.2) is 0 Å². The highest BCUT2D eigenvalue weighted by molar-refractivity contribution is 9.10. The maximum atomic E-state index is 13.6. The lowest BCUT2D eigenvalue weighted by Gasteiger charge is -2.16. The van der Waals surface area contributed by atoms with E-state index >= 15 is 0 Å². The molecule has 0 radical (unpaired) electrons. The summed E-state index contributed by atoms with van der Waals surface area (Å²) in [5.41, 5.74) is 0.680. The van der Waals surface area contributed by atoms with Crippen LogP contribution in [-0.2, 0) is 0 Å². The highest BCUT2D eigenvalue weighted by Crippen LogP contribution is 2.21. The first-order chi connectivity index (χ1) is 8.54. The minimum absolute atomic E-state index is 0.00747. The van der Waals surface area contributed by atoms with E-state index in [0.29, 0.717) is 11.5 Å². The predicted octanol–water partition coefficient (Wildman–Crippen LogP) is 3.65. The number of hydrogen-bond donors (Lipinski definition) is 2. The molecule has 2 atom stereocenters. The van der Waals surface area contributed by atoms with Crippen molar-refractivity contribution in [2.24, 2.45) is 5.92 Å². The standard InChI is InChI=1S/C14H21BrFNO/c1-10(9-18)4-3-7-17-11(2)13-8-12(15)5-6-14(13)16/h5-6,8,10-11,17-18H,3-4,7,9H2,1-2H3. The zero-order valence-electron chi connectivity index (χ0n) is 10.9. The summed E-state index contributed by atoms with van der Waals surface area (Å²) in [7, 11) is 0. The van der Waals surface area contributed by atoms with E-state index in [0.717, 1.165) is 23.9 Å². The summed E-state index contributed by atoms with van der Waals surface area (Å²) in [4.78, 5) is 0. The maximum Gasteiger partial charge on any atom is 0.128 e. The van der Waals surface area contributed by atoms with E-state index in [1.165, 1.54) is 6.07 Å². The molecule has 2 unspecified atom stereocenters. The third kappa shape index (κ3) is 5.04. The summed E-state index contributed by atoms with van der Waals surface area (Å²) in [5.74, 6) is 0.159. The Balaban J connectivity index is 2.40. The molecule has 0 heterocycles. The van der Waals surface area contributed by atoms with Gasteiger partial charge in [0.1, 0.15) is 5.82 Å². The van der Waals surface area contributed by atoms with Gasteiger partial charge < -0.3 is 10.4 Å². The molecule has 2 nitrogen and oxygen atoms in total. The van der Waals surface area contributed by atoms with Crippen molar-refractivity contribution in [2.45, 2.75) is 32.7 Å². The van der Waals surface area contributed by atoms with Gasteiger partial charge in [-0.1, -0.05) is 22.9 Å². The van der Waals surface area contributed by atoms with Crippen LogP contribution >= 0.6 is 15.9 Å². The molecule has 0 spiro atoms. The number of halogens is 2. The Bertz CT molecular complexity index is 373. The first kappa shape index (κ1) is 15.6. The number of rotatable bonds is 7.